The summed E-state index contributed by atoms with van der Waals surface area (Å²) in [5.41, 5.74) is 5.49. The van der Waals surface area contributed by atoms with E-state index in [2.05, 4.69) is 11.9 Å². The van der Waals surface area contributed by atoms with Crippen molar-refractivity contribution >= 4 is 12.4 Å². The predicted molar refractivity (Wildman–Crippen MR) is 55.8 cm³/mol. The number of nitrogens with two attached hydrogens (primary N) is 1. The van der Waals surface area contributed by atoms with E-state index in [1.807, 2.05) is 0 Å². The second kappa shape index (κ2) is 6.70. The highest BCUT2D eigenvalue weighted by Crippen LogP contribution is 2.20. The van der Waals surface area contributed by atoms with E-state index in [0.29, 0.717) is 0 Å². The minimum absolute atomic E-state index is 0. The molecule has 0 aromatic heterocycles. The van der Waals surface area contributed by atoms with E-state index in [9.17, 15) is 0 Å². The Morgan fingerprint density at radius 2 is 1.83 bits per heavy atom. The predicted octanol–water partition coefficient (Wildman–Crippen LogP) is 1.63. The molecule has 0 aromatic carbocycles. The maximum atomic E-state index is 5.49. The van der Waals surface area contributed by atoms with Crippen LogP contribution in [0.1, 0.15) is 32.1 Å². The summed E-state index contributed by atoms with van der Waals surface area (Å²) in [5.74, 6) is 0. The highest BCUT2D eigenvalue weighted by molar-refractivity contribution is 5.85. The molecule has 1 saturated carbocycles. The molecule has 1 aliphatic rings. The minimum Gasteiger partial charge on any atom is -0.329 e. The number of likely N-dealkylation sites (N-methyl/N-ethyl adjacent to an activating group) is 1. The maximum Gasteiger partial charge on any atom is 0.0104 e. The topological polar surface area (TPSA) is 29.3 Å². The van der Waals surface area contributed by atoms with Crippen LogP contribution in [-0.2, 0) is 0 Å². The molecule has 0 bridgehead atoms. The van der Waals surface area contributed by atoms with Crippen LogP contribution >= 0.6 is 12.4 Å². The normalized spacial score (nSPS) is 19.2. The van der Waals surface area contributed by atoms with Crippen LogP contribution in [0.2, 0.25) is 0 Å². The molecule has 0 saturated heterocycles. The van der Waals surface area contributed by atoms with E-state index in [-0.39, 0.29) is 12.4 Å². The van der Waals surface area contributed by atoms with Gasteiger partial charge in [0.15, 0.2) is 0 Å². The molecule has 0 radical (unpaired) electrons. The average Bonchev–Trinajstić information content (AvgIpc) is 2.07. The van der Waals surface area contributed by atoms with Crippen LogP contribution in [0.25, 0.3) is 0 Å². The standard InChI is InChI=1S/C9H20N2.ClH/c1-11(8-7-10)9-5-3-2-4-6-9;/h9H,2-8,10H2,1H3;1H. The van der Waals surface area contributed by atoms with Crippen LogP contribution in [0.4, 0.5) is 0 Å². The summed E-state index contributed by atoms with van der Waals surface area (Å²) in [4.78, 5) is 2.42. The summed E-state index contributed by atoms with van der Waals surface area (Å²) in [6.45, 7) is 1.86. The highest BCUT2D eigenvalue weighted by atomic mass is 35.5. The van der Waals surface area contributed by atoms with E-state index in [0.717, 1.165) is 19.1 Å². The number of hydrogen-bond acceptors (Lipinski definition) is 2. The quantitative estimate of drug-likeness (QED) is 0.737. The molecule has 74 valence electrons. The summed E-state index contributed by atoms with van der Waals surface area (Å²) >= 11 is 0. The smallest absolute Gasteiger partial charge is 0.0104 e. The monoisotopic (exact) mass is 192 g/mol. The molecule has 1 rings (SSSR count). The molecule has 0 aromatic rings. The van der Waals surface area contributed by atoms with Gasteiger partial charge in [0, 0.05) is 19.1 Å². The largest absolute Gasteiger partial charge is 0.329 e. The summed E-state index contributed by atoms with van der Waals surface area (Å²) < 4.78 is 0. The van der Waals surface area contributed by atoms with Crippen LogP contribution in [0.15, 0.2) is 0 Å². The summed E-state index contributed by atoms with van der Waals surface area (Å²) in [7, 11) is 2.20. The van der Waals surface area contributed by atoms with Crippen molar-refractivity contribution in [3.63, 3.8) is 0 Å². The van der Waals surface area contributed by atoms with E-state index in [1.165, 1.54) is 32.1 Å². The van der Waals surface area contributed by atoms with Crippen molar-refractivity contribution in [1.29, 1.82) is 0 Å². The molecule has 2 N–H and O–H groups in total. The van der Waals surface area contributed by atoms with Crippen molar-refractivity contribution in [2.75, 3.05) is 20.1 Å². The van der Waals surface area contributed by atoms with Gasteiger partial charge in [-0.15, -0.1) is 12.4 Å². The van der Waals surface area contributed by atoms with E-state index >= 15 is 0 Å². The van der Waals surface area contributed by atoms with Gasteiger partial charge >= 0.3 is 0 Å². The fourth-order valence-electron chi connectivity index (χ4n) is 1.91. The number of rotatable bonds is 3. The molecule has 2 nitrogen and oxygen atoms in total. The fraction of sp³-hybridized carbons (Fsp3) is 1.00. The van der Waals surface area contributed by atoms with Gasteiger partial charge in [0.05, 0.1) is 0 Å². The Hall–Kier alpha value is 0.210. The Kier molecular flexibility index (Phi) is 6.81. The minimum atomic E-state index is 0. The van der Waals surface area contributed by atoms with Crippen molar-refractivity contribution in [3.05, 3.63) is 0 Å². The van der Waals surface area contributed by atoms with Gasteiger partial charge in [-0.2, -0.15) is 0 Å². The first-order chi connectivity index (χ1) is 5.34. The van der Waals surface area contributed by atoms with Gasteiger partial charge < -0.3 is 10.6 Å². The molecule has 1 fully saturated rings. The summed E-state index contributed by atoms with van der Waals surface area (Å²) in [6, 6.07) is 0.826. The van der Waals surface area contributed by atoms with E-state index in [4.69, 9.17) is 5.73 Å². The van der Waals surface area contributed by atoms with Gasteiger partial charge in [-0.1, -0.05) is 19.3 Å². The zero-order valence-corrected chi connectivity index (χ0v) is 8.78. The number of halogens is 1. The molecule has 0 amide bonds. The maximum absolute atomic E-state index is 5.49. The van der Waals surface area contributed by atoms with Crippen LogP contribution in [-0.4, -0.2) is 31.1 Å². The van der Waals surface area contributed by atoms with Gasteiger partial charge in [-0.05, 0) is 19.9 Å². The molecule has 12 heavy (non-hydrogen) atoms. The van der Waals surface area contributed by atoms with Crippen molar-refractivity contribution in [3.8, 4) is 0 Å². The van der Waals surface area contributed by atoms with Crippen LogP contribution in [0.3, 0.4) is 0 Å². The lowest BCUT2D eigenvalue weighted by Gasteiger charge is -2.30. The van der Waals surface area contributed by atoms with Crippen molar-refractivity contribution < 1.29 is 0 Å². The van der Waals surface area contributed by atoms with E-state index < -0.39 is 0 Å². The zero-order chi connectivity index (χ0) is 8.10. The first kappa shape index (κ1) is 12.2. The Labute approximate surface area is 81.9 Å². The Balaban J connectivity index is 0.00000121. The van der Waals surface area contributed by atoms with Crippen LogP contribution in [0.5, 0.6) is 0 Å². The van der Waals surface area contributed by atoms with Gasteiger partial charge in [-0.3, -0.25) is 0 Å². The Morgan fingerprint density at radius 3 is 2.33 bits per heavy atom. The molecule has 0 aliphatic heterocycles. The fourth-order valence-corrected chi connectivity index (χ4v) is 1.91. The second-order valence-corrected chi connectivity index (χ2v) is 3.56. The highest BCUT2D eigenvalue weighted by Gasteiger charge is 2.16. The third-order valence-corrected chi connectivity index (χ3v) is 2.68. The zero-order valence-electron chi connectivity index (χ0n) is 7.96. The number of hydrogen-bond donors (Lipinski definition) is 1. The molecule has 0 heterocycles. The van der Waals surface area contributed by atoms with Crippen LogP contribution in [0, 0.1) is 0 Å². The second-order valence-electron chi connectivity index (χ2n) is 3.56. The Morgan fingerprint density at radius 1 is 1.25 bits per heavy atom. The van der Waals surface area contributed by atoms with Crippen molar-refractivity contribution in [1.82, 2.24) is 4.90 Å². The summed E-state index contributed by atoms with van der Waals surface area (Å²) in [6.07, 6.45) is 7.04. The Bertz CT molecular complexity index is 103. The third kappa shape index (κ3) is 3.74. The molecular weight excluding hydrogens is 172 g/mol. The first-order valence-electron chi connectivity index (χ1n) is 4.75. The molecule has 3 heteroatoms. The van der Waals surface area contributed by atoms with Crippen LogP contribution < -0.4 is 5.73 Å². The van der Waals surface area contributed by atoms with Gasteiger partial charge in [0.1, 0.15) is 0 Å². The molecule has 0 unspecified atom stereocenters. The molecular formula is C9H21ClN2. The molecule has 1 aliphatic carbocycles. The summed E-state index contributed by atoms with van der Waals surface area (Å²) in [5, 5.41) is 0. The van der Waals surface area contributed by atoms with Crippen molar-refractivity contribution in [2.45, 2.75) is 38.1 Å². The molecule has 0 spiro atoms. The average molecular weight is 193 g/mol. The van der Waals surface area contributed by atoms with E-state index in [1.54, 1.807) is 0 Å². The lowest BCUT2D eigenvalue weighted by molar-refractivity contribution is 0.196. The van der Waals surface area contributed by atoms with Gasteiger partial charge in [0.2, 0.25) is 0 Å². The van der Waals surface area contributed by atoms with Gasteiger partial charge in [0.25, 0.3) is 0 Å². The lowest BCUT2D eigenvalue weighted by Crippen LogP contribution is -2.36. The number of nitrogens with zero attached hydrogens (tertiary/aromatic N) is 1. The lowest BCUT2D eigenvalue weighted by atomic mass is 9.94. The SMILES string of the molecule is CN(CCN)C1CCCCC1.Cl. The van der Waals surface area contributed by atoms with Gasteiger partial charge in [-0.25, -0.2) is 0 Å². The van der Waals surface area contributed by atoms with Crippen molar-refractivity contribution in [2.24, 2.45) is 5.73 Å². The first-order valence-corrected chi connectivity index (χ1v) is 4.75. The molecule has 0 atom stereocenters. The third-order valence-electron chi connectivity index (χ3n) is 2.68.